The number of nitrogens with one attached hydrogen (secondary N) is 2. The molecule has 1 fully saturated rings. The summed E-state index contributed by atoms with van der Waals surface area (Å²) >= 11 is 0. The van der Waals surface area contributed by atoms with Gasteiger partial charge >= 0.3 is 0 Å². The quantitative estimate of drug-likeness (QED) is 0.775. The second kappa shape index (κ2) is 4.47. The molecule has 0 bridgehead atoms. The smallest absolute Gasteiger partial charge is 0.224 e. The molecule has 1 saturated carbocycles. The normalized spacial score (nSPS) is 15.1. The van der Waals surface area contributed by atoms with Crippen LogP contribution >= 0.6 is 0 Å². The lowest BCUT2D eigenvalue weighted by Gasteiger charge is -2.08. The number of aromatic nitrogens is 2. The summed E-state index contributed by atoms with van der Waals surface area (Å²) in [6.45, 7) is 5.05. The molecule has 0 atom stereocenters. The molecule has 82 valence electrons. The van der Waals surface area contributed by atoms with E-state index in [9.17, 15) is 0 Å². The zero-order valence-corrected chi connectivity index (χ0v) is 9.38. The molecule has 1 aromatic heterocycles. The van der Waals surface area contributed by atoms with Gasteiger partial charge < -0.3 is 10.6 Å². The van der Waals surface area contributed by atoms with Crippen LogP contribution in [-0.4, -0.2) is 22.6 Å². The summed E-state index contributed by atoms with van der Waals surface area (Å²) in [6, 6.07) is 2.63. The van der Waals surface area contributed by atoms with E-state index in [-0.39, 0.29) is 0 Å². The monoisotopic (exact) mass is 206 g/mol. The fourth-order valence-electron chi connectivity index (χ4n) is 1.40. The van der Waals surface area contributed by atoms with Crippen molar-refractivity contribution >= 4 is 11.8 Å². The van der Waals surface area contributed by atoms with Crippen LogP contribution in [0.5, 0.6) is 0 Å². The summed E-state index contributed by atoms with van der Waals surface area (Å²) in [5.74, 6) is 1.68. The van der Waals surface area contributed by atoms with Gasteiger partial charge in [0.1, 0.15) is 5.82 Å². The molecule has 1 aliphatic rings. The first kappa shape index (κ1) is 10.2. The summed E-state index contributed by atoms with van der Waals surface area (Å²) in [5, 5.41) is 6.59. The molecule has 1 heterocycles. The molecule has 2 rings (SSSR count). The van der Waals surface area contributed by atoms with E-state index in [0.29, 0.717) is 6.04 Å². The third-order valence-electron chi connectivity index (χ3n) is 2.32. The number of aryl methyl sites for hydroxylation is 1. The number of nitrogens with zero attached hydrogens (tertiary/aromatic N) is 2. The first-order chi connectivity index (χ1) is 7.28. The van der Waals surface area contributed by atoms with Gasteiger partial charge in [-0.2, -0.15) is 4.98 Å². The van der Waals surface area contributed by atoms with Crippen LogP contribution < -0.4 is 10.6 Å². The molecule has 0 radical (unpaired) electrons. The zero-order valence-electron chi connectivity index (χ0n) is 9.38. The van der Waals surface area contributed by atoms with E-state index >= 15 is 0 Å². The Bertz CT molecular complexity index is 333. The van der Waals surface area contributed by atoms with Gasteiger partial charge in [-0.25, -0.2) is 4.98 Å². The van der Waals surface area contributed by atoms with Crippen molar-refractivity contribution in [1.29, 1.82) is 0 Å². The van der Waals surface area contributed by atoms with Crippen LogP contribution in [0, 0.1) is 6.92 Å². The van der Waals surface area contributed by atoms with Gasteiger partial charge in [0.05, 0.1) is 0 Å². The molecule has 0 amide bonds. The molecule has 0 saturated heterocycles. The topological polar surface area (TPSA) is 49.8 Å². The van der Waals surface area contributed by atoms with Gasteiger partial charge in [-0.3, -0.25) is 0 Å². The number of rotatable bonds is 5. The van der Waals surface area contributed by atoms with Crippen molar-refractivity contribution in [3.63, 3.8) is 0 Å². The Labute approximate surface area is 90.5 Å². The Hall–Kier alpha value is -1.32. The molecule has 0 spiro atoms. The van der Waals surface area contributed by atoms with E-state index in [1.54, 1.807) is 0 Å². The minimum absolute atomic E-state index is 0.637. The van der Waals surface area contributed by atoms with Crippen molar-refractivity contribution in [2.75, 3.05) is 17.2 Å². The molecule has 2 N–H and O–H groups in total. The highest BCUT2D eigenvalue weighted by atomic mass is 15.2. The summed E-state index contributed by atoms with van der Waals surface area (Å²) in [5.41, 5.74) is 1.01. The molecule has 4 heteroatoms. The molecule has 1 aliphatic carbocycles. The lowest BCUT2D eigenvalue weighted by Crippen LogP contribution is -2.09. The van der Waals surface area contributed by atoms with Crippen LogP contribution in [-0.2, 0) is 0 Å². The molecule has 1 aromatic rings. The SMILES string of the molecule is CCCNc1nc(C)cc(NC2CC2)n1. The maximum atomic E-state index is 4.42. The standard InChI is InChI=1S/C11H18N4/c1-3-6-12-11-13-8(2)7-10(15-11)14-9-4-5-9/h7,9H,3-6H2,1-2H3,(H2,12,13,14,15). The predicted octanol–water partition coefficient (Wildman–Crippen LogP) is 2.18. The number of hydrogen-bond acceptors (Lipinski definition) is 4. The van der Waals surface area contributed by atoms with Crippen LogP contribution in [0.2, 0.25) is 0 Å². The van der Waals surface area contributed by atoms with Crippen LogP contribution in [0.15, 0.2) is 6.07 Å². The fraction of sp³-hybridized carbons (Fsp3) is 0.636. The Morgan fingerprint density at radius 2 is 2.20 bits per heavy atom. The predicted molar refractivity (Wildman–Crippen MR) is 62.2 cm³/mol. The first-order valence-corrected chi connectivity index (χ1v) is 5.64. The van der Waals surface area contributed by atoms with Crippen LogP contribution in [0.4, 0.5) is 11.8 Å². The Kier molecular flexibility index (Phi) is 3.04. The van der Waals surface area contributed by atoms with Gasteiger partial charge in [-0.05, 0) is 26.2 Å². The lowest BCUT2D eigenvalue weighted by molar-refractivity contribution is 0.943. The summed E-state index contributed by atoms with van der Waals surface area (Å²) in [7, 11) is 0. The van der Waals surface area contributed by atoms with E-state index in [2.05, 4.69) is 27.5 Å². The van der Waals surface area contributed by atoms with Gasteiger partial charge in [-0.1, -0.05) is 6.92 Å². The molecular formula is C11H18N4. The second-order valence-electron chi connectivity index (χ2n) is 4.06. The van der Waals surface area contributed by atoms with E-state index in [0.717, 1.165) is 30.4 Å². The van der Waals surface area contributed by atoms with Gasteiger partial charge in [-0.15, -0.1) is 0 Å². The Balaban J connectivity index is 2.05. The maximum absolute atomic E-state index is 4.42. The lowest BCUT2D eigenvalue weighted by atomic mass is 10.4. The molecule has 4 nitrogen and oxygen atoms in total. The van der Waals surface area contributed by atoms with Crippen molar-refractivity contribution in [2.45, 2.75) is 39.2 Å². The summed E-state index contributed by atoms with van der Waals surface area (Å²) in [6.07, 6.45) is 3.62. The van der Waals surface area contributed by atoms with Crippen molar-refractivity contribution in [2.24, 2.45) is 0 Å². The van der Waals surface area contributed by atoms with E-state index in [1.165, 1.54) is 12.8 Å². The zero-order chi connectivity index (χ0) is 10.7. The Morgan fingerprint density at radius 3 is 2.87 bits per heavy atom. The highest BCUT2D eigenvalue weighted by Gasteiger charge is 2.21. The van der Waals surface area contributed by atoms with Crippen molar-refractivity contribution in [1.82, 2.24) is 9.97 Å². The van der Waals surface area contributed by atoms with Crippen molar-refractivity contribution in [3.8, 4) is 0 Å². The van der Waals surface area contributed by atoms with E-state index < -0.39 is 0 Å². The minimum Gasteiger partial charge on any atom is -0.367 e. The largest absolute Gasteiger partial charge is 0.367 e. The summed E-state index contributed by atoms with van der Waals surface area (Å²) < 4.78 is 0. The van der Waals surface area contributed by atoms with Gasteiger partial charge in [0.15, 0.2) is 0 Å². The highest BCUT2D eigenvalue weighted by molar-refractivity contribution is 5.43. The number of anilines is 2. The molecule has 0 aliphatic heterocycles. The van der Waals surface area contributed by atoms with E-state index in [1.807, 2.05) is 13.0 Å². The third kappa shape index (κ3) is 3.08. The second-order valence-corrected chi connectivity index (χ2v) is 4.06. The minimum atomic E-state index is 0.637. The van der Waals surface area contributed by atoms with Gasteiger partial charge in [0.25, 0.3) is 0 Å². The maximum Gasteiger partial charge on any atom is 0.224 e. The molecule has 0 unspecified atom stereocenters. The van der Waals surface area contributed by atoms with Gasteiger partial charge in [0.2, 0.25) is 5.95 Å². The van der Waals surface area contributed by atoms with Crippen LogP contribution in [0.25, 0.3) is 0 Å². The Morgan fingerprint density at radius 1 is 1.40 bits per heavy atom. The van der Waals surface area contributed by atoms with Crippen LogP contribution in [0.1, 0.15) is 31.9 Å². The third-order valence-corrected chi connectivity index (χ3v) is 2.32. The molecular weight excluding hydrogens is 188 g/mol. The number of hydrogen-bond donors (Lipinski definition) is 2. The first-order valence-electron chi connectivity index (χ1n) is 5.64. The summed E-state index contributed by atoms with van der Waals surface area (Å²) in [4.78, 5) is 8.75. The van der Waals surface area contributed by atoms with Gasteiger partial charge in [0, 0.05) is 24.3 Å². The van der Waals surface area contributed by atoms with E-state index in [4.69, 9.17) is 0 Å². The van der Waals surface area contributed by atoms with Crippen molar-refractivity contribution in [3.05, 3.63) is 11.8 Å². The molecule has 15 heavy (non-hydrogen) atoms. The average molecular weight is 206 g/mol. The average Bonchev–Trinajstić information content (AvgIpc) is 2.98. The fourth-order valence-corrected chi connectivity index (χ4v) is 1.40. The van der Waals surface area contributed by atoms with Crippen LogP contribution in [0.3, 0.4) is 0 Å². The highest BCUT2D eigenvalue weighted by Crippen LogP contribution is 2.24. The van der Waals surface area contributed by atoms with Crippen molar-refractivity contribution < 1.29 is 0 Å². The molecule has 0 aromatic carbocycles.